The largest absolute Gasteiger partial charge is 0.361 e. The number of ether oxygens (including phenoxy) is 2. The molecular weight excluding hydrogens is 489 g/mol. The molecule has 2 aliphatic rings. The Balaban J connectivity index is 1.72. The molecule has 39 heavy (non-hydrogen) atoms. The van der Waals surface area contributed by atoms with Crippen molar-refractivity contribution in [2.45, 2.75) is 90.6 Å². The van der Waals surface area contributed by atoms with Crippen LogP contribution in [-0.4, -0.2) is 28.0 Å². The van der Waals surface area contributed by atoms with Crippen molar-refractivity contribution in [3.8, 4) is 22.4 Å². The number of fused-ring (bicyclic) bond motifs is 3. The van der Waals surface area contributed by atoms with E-state index in [9.17, 15) is 4.39 Å². The lowest BCUT2D eigenvalue weighted by Crippen LogP contribution is -2.43. The Morgan fingerprint density at radius 2 is 1.95 bits per heavy atom. The maximum Gasteiger partial charge on any atom is 0.269 e. The molecule has 1 aromatic carbocycles. The predicted molar refractivity (Wildman–Crippen MR) is 153 cm³/mol. The highest BCUT2D eigenvalue weighted by Gasteiger charge is 2.34. The first kappa shape index (κ1) is 27.2. The lowest BCUT2D eigenvalue weighted by atomic mass is 9.86. The quantitative estimate of drug-likeness (QED) is 0.314. The number of halogens is 1. The molecule has 0 spiro atoms. The van der Waals surface area contributed by atoms with Gasteiger partial charge in [-0.2, -0.15) is 0 Å². The van der Waals surface area contributed by atoms with Crippen molar-refractivity contribution in [1.82, 2.24) is 9.97 Å². The minimum absolute atomic E-state index is 0.0874. The topological polar surface area (TPSA) is 48.6 Å². The van der Waals surface area contributed by atoms with E-state index in [0.29, 0.717) is 5.82 Å². The van der Waals surface area contributed by atoms with Gasteiger partial charge in [0.15, 0.2) is 5.79 Å². The zero-order valence-corrected chi connectivity index (χ0v) is 23.4. The predicted octanol–water partition coefficient (Wildman–Crippen LogP) is 8.45. The second-order valence-corrected chi connectivity index (χ2v) is 11.2. The molecule has 3 heterocycles. The van der Waals surface area contributed by atoms with Crippen LogP contribution < -0.4 is 0 Å². The zero-order chi connectivity index (χ0) is 27.7. The molecule has 0 saturated carbocycles. The summed E-state index contributed by atoms with van der Waals surface area (Å²) in [7, 11) is 0. The van der Waals surface area contributed by atoms with E-state index < -0.39 is 5.79 Å². The summed E-state index contributed by atoms with van der Waals surface area (Å²) in [4.78, 5) is 13.2. The smallest absolute Gasteiger partial charge is 0.269 e. The standard InChI is InChI=1S/C33H36FN3O2/c1-7-24-18-25(39-33(4,5)38-24)15-16-27-30(21-11-13-23(34)14-12-21)26-10-8-9-22-17-29(35-6)36-19-28(22)32(26)37-31(27)20(2)3/h11-17,19-20,24-25H,7-10,18H2,1-5H3/b16-15+/t24-,25+/m0/s1. The Labute approximate surface area is 230 Å². The number of aromatic nitrogens is 2. The van der Waals surface area contributed by atoms with Crippen LogP contribution >= 0.6 is 0 Å². The summed E-state index contributed by atoms with van der Waals surface area (Å²) in [5, 5.41) is 0. The fraction of sp³-hybridized carbons (Fsp3) is 0.424. The minimum atomic E-state index is -0.651. The summed E-state index contributed by atoms with van der Waals surface area (Å²) in [6, 6.07) is 8.66. The van der Waals surface area contributed by atoms with Gasteiger partial charge in [0.05, 0.1) is 23.6 Å². The highest BCUT2D eigenvalue weighted by atomic mass is 19.1. The molecule has 0 radical (unpaired) electrons. The molecule has 2 aromatic heterocycles. The maximum atomic E-state index is 14.0. The third kappa shape index (κ3) is 5.66. The first-order valence-corrected chi connectivity index (χ1v) is 13.9. The van der Waals surface area contributed by atoms with Gasteiger partial charge in [-0.3, -0.25) is 4.98 Å². The highest BCUT2D eigenvalue weighted by molar-refractivity contribution is 5.86. The van der Waals surface area contributed by atoms with Crippen molar-refractivity contribution in [1.29, 1.82) is 0 Å². The fourth-order valence-corrected chi connectivity index (χ4v) is 5.82. The second kappa shape index (κ2) is 11.0. The van der Waals surface area contributed by atoms with Gasteiger partial charge in [0.25, 0.3) is 5.82 Å². The number of aryl methyl sites for hydroxylation is 1. The molecule has 3 aromatic rings. The molecule has 1 saturated heterocycles. The molecule has 0 bridgehead atoms. The van der Waals surface area contributed by atoms with Crippen LogP contribution in [0.2, 0.25) is 0 Å². The van der Waals surface area contributed by atoms with Gasteiger partial charge in [-0.1, -0.05) is 51.6 Å². The van der Waals surface area contributed by atoms with Crippen molar-refractivity contribution in [3.63, 3.8) is 0 Å². The molecule has 6 heteroatoms. The van der Waals surface area contributed by atoms with Crippen LogP contribution in [0.15, 0.2) is 42.6 Å². The van der Waals surface area contributed by atoms with Crippen molar-refractivity contribution >= 4 is 11.9 Å². The maximum absolute atomic E-state index is 14.0. The summed E-state index contributed by atoms with van der Waals surface area (Å²) in [5.74, 6) is -0.359. The van der Waals surface area contributed by atoms with Gasteiger partial charge in [-0.05, 0) is 85.9 Å². The van der Waals surface area contributed by atoms with Crippen molar-refractivity contribution < 1.29 is 13.9 Å². The van der Waals surface area contributed by atoms with Crippen LogP contribution in [0.3, 0.4) is 0 Å². The lowest BCUT2D eigenvalue weighted by molar-refractivity contribution is -0.290. The molecule has 1 aliphatic heterocycles. The Morgan fingerprint density at radius 1 is 1.18 bits per heavy atom. The normalized spacial score (nSPS) is 20.4. The second-order valence-electron chi connectivity index (χ2n) is 11.2. The molecule has 1 aliphatic carbocycles. The molecule has 0 unspecified atom stereocenters. The first-order chi connectivity index (χ1) is 18.7. The summed E-state index contributed by atoms with van der Waals surface area (Å²) < 4.78 is 26.4. The molecule has 0 N–H and O–H groups in total. The fourth-order valence-electron chi connectivity index (χ4n) is 5.82. The van der Waals surface area contributed by atoms with E-state index in [1.54, 1.807) is 6.20 Å². The van der Waals surface area contributed by atoms with Crippen molar-refractivity contribution in [2.75, 3.05) is 0 Å². The van der Waals surface area contributed by atoms with Crippen LogP contribution in [0.1, 0.15) is 82.2 Å². The third-order valence-corrected chi connectivity index (χ3v) is 7.58. The average molecular weight is 526 g/mol. The van der Waals surface area contributed by atoms with E-state index in [-0.39, 0.29) is 23.9 Å². The van der Waals surface area contributed by atoms with E-state index in [4.69, 9.17) is 21.0 Å². The van der Waals surface area contributed by atoms with Gasteiger partial charge in [-0.25, -0.2) is 4.39 Å². The summed E-state index contributed by atoms with van der Waals surface area (Å²) in [6.07, 6.45) is 10.5. The number of benzene rings is 1. The van der Waals surface area contributed by atoms with E-state index in [0.717, 1.165) is 76.9 Å². The van der Waals surface area contributed by atoms with E-state index in [2.05, 4.69) is 42.8 Å². The third-order valence-electron chi connectivity index (χ3n) is 7.58. The van der Waals surface area contributed by atoms with Gasteiger partial charge in [0, 0.05) is 17.5 Å². The summed E-state index contributed by atoms with van der Waals surface area (Å²) in [6.45, 7) is 17.8. The van der Waals surface area contributed by atoms with Crippen molar-refractivity contribution in [2.24, 2.45) is 0 Å². The average Bonchev–Trinajstić information content (AvgIpc) is 3.09. The Kier molecular flexibility index (Phi) is 7.66. The Bertz CT molecular complexity index is 1440. The van der Waals surface area contributed by atoms with E-state index >= 15 is 0 Å². The number of nitrogens with zero attached hydrogens (tertiary/aromatic N) is 3. The molecular formula is C33H36FN3O2. The molecule has 5 rings (SSSR count). The number of rotatable bonds is 5. The van der Waals surface area contributed by atoms with E-state index in [1.807, 2.05) is 32.0 Å². The monoisotopic (exact) mass is 525 g/mol. The minimum Gasteiger partial charge on any atom is -0.361 e. The van der Waals surface area contributed by atoms with E-state index in [1.165, 1.54) is 12.1 Å². The number of pyridine rings is 2. The van der Waals surface area contributed by atoms with Gasteiger partial charge < -0.3 is 14.3 Å². The van der Waals surface area contributed by atoms with Gasteiger partial charge in [-0.15, -0.1) is 4.98 Å². The van der Waals surface area contributed by atoms with Crippen LogP contribution in [0.4, 0.5) is 10.2 Å². The lowest BCUT2D eigenvalue weighted by Gasteiger charge is -2.39. The Morgan fingerprint density at radius 3 is 2.64 bits per heavy atom. The van der Waals surface area contributed by atoms with Crippen LogP contribution in [-0.2, 0) is 22.3 Å². The van der Waals surface area contributed by atoms with Gasteiger partial charge >= 0.3 is 0 Å². The summed E-state index contributed by atoms with van der Waals surface area (Å²) >= 11 is 0. The first-order valence-electron chi connectivity index (χ1n) is 13.9. The molecule has 1 fully saturated rings. The van der Waals surface area contributed by atoms with Crippen LogP contribution in [0.25, 0.3) is 33.3 Å². The highest BCUT2D eigenvalue weighted by Crippen LogP contribution is 2.42. The van der Waals surface area contributed by atoms with Gasteiger partial charge in [0.1, 0.15) is 12.0 Å². The molecule has 2 atom stereocenters. The zero-order valence-electron chi connectivity index (χ0n) is 23.4. The molecule has 202 valence electrons. The SMILES string of the molecule is [C-]#[N+]c1cc2c(cn1)-c1nc(C(C)C)c(/C=C/[C@@H]3C[C@H](CC)OC(C)(C)O3)c(-c3ccc(F)cc3)c1CCC2. The van der Waals surface area contributed by atoms with Crippen LogP contribution in [0, 0.1) is 12.4 Å². The Hall–Kier alpha value is -3.40. The summed E-state index contributed by atoms with van der Waals surface area (Å²) in [5.41, 5.74) is 8.22. The van der Waals surface area contributed by atoms with Crippen molar-refractivity contribution in [3.05, 3.63) is 82.2 Å². The van der Waals surface area contributed by atoms with Gasteiger partial charge in [0.2, 0.25) is 0 Å². The number of hydrogen-bond acceptors (Lipinski definition) is 4. The van der Waals surface area contributed by atoms with Crippen LogP contribution in [0.5, 0.6) is 0 Å². The molecule has 0 amide bonds. The molecule has 5 nitrogen and oxygen atoms in total. The number of hydrogen-bond donors (Lipinski definition) is 0.